The van der Waals surface area contributed by atoms with Crippen molar-refractivity contribution >= 4 is 11.5 Å². The number of H-pyrrole nitrogens is 1. The topological polar surface area (TPSA) is 111 Å². The van der Waals surface area contributed by atoms with Crippen LogP contribution in [-0.2, 0) is 0 Å². The summed E-state index contributed by atoms with van der Waals surface area (Å²) in [6.45, 7) is 0. The number of nitrogen functional groups attached to an aromatic ring is 1. The first-order chi connectivity index (χ1) is 12.4. The summed E-state index contributed by atoms with van der Waals surface area (Å²) in [5.74, 6) is -0.757. The number of pyridine rings is 1. The molecular formula is C17H13F2N5O2. The van der Waals surface area contributed by atoms with E-state index in [1.165, 1.54) is 18.2 Å². The molecule has 0 unspecified atom stereocenters. The SMILES string of the molecule is Nc1nc(-c2nc(C3CC3)[nH]c2-c2ccc(F)cc2F)ccc1[N+](=O)[O-]. The molecule has 3 N–H and O–H groups in total. The molecule has 26 heavy (non-hydrogen) atoms. The van der Waals surface area contributed by atoms with Gasteiger partial charge in [0, 0.05) is 23.6 Å². The predicted octanol–water partition coefficient (Wildman–Crippen LogP) is 3.78. The van der Waals surface area contributed by atoms with Crippen molar-refractivity contribution in [3.63, 3.8) is 0 Å². The molecule has 1 aliphatic carbocycles. The Balaban J connectivity index is 1.88. The lowest BCUT2D eigenvalue weighted by atomic mass is 10.1. The van der Waals surface area contributed by atoms with Crippen molar-refractivity contribution in [2.45, 2.75) is 18.8 Å². The largest absolute Gasteiger partial charge is 0.378 e. The van der Waals surface area contributed by atoms with Crippen molar-refractivity contribution in [3.05, 3.63) is 57.9 Å². The number of halogens is 2. The maximum Gasteiger partial charge on any atom is 0.311 e. The number of hydrogen-bond donors (Lipinski definition) is 2. The Morgan fingerprint density at radius 3 is 2.58 bits per heavy atom. The number of aromatic nitrogens is 3. The number of aromatic amines is 1. The van der Waals surface area contributed by atoms with Crippen molar-refractivity contribution in [2.75, 3.05) is 5.73 Å². The van der Waals surface area contributed by atoms with Crippen LogP contribution in [-0.4, -0.2) is 19.9 Å². The average molecular weight is 357 g/mol. The number of rotatable bonds is 4. The van der Waals surface area contributed by atoms with Gasteiger partial charge in [0.15, 0.2) is 0 Å². The van der Waals surface area contributed by atoms with Crippen molar-refractivity contribution in [2.24, 2.45) is 0 Å². The first-order valence-corrected chi connectivity index (χ1v) is 7.90. The Morgan fingerprint density at radius 2 is 1.96 bits per heavy atom. The lowest BCUT2D eigenvalue weighted by Crippen LogP contribution is -2.00. The third-order valence-electron chi connectivity index (χ3n) is 4.23. The fourth-order valence-corrected chi connectivity index (χ4v) is 2.77. The van der Waals surface area contributed by atoms with E-state index in [4.69, 9.17) is 5.73 Å². The highest BCUT2D eigenvalue weighted by atomic mass is 19.1. The Kier molecular flexibility index (Phi) is 3.64. The van der Waals surface area contributed by atoms with Crippen LogP contribution in [0.1, 0.15) is 24.6 Å². The van der Waals surface area contributed by atoms with E-state index in [1.807, 2.05) is 0 Å². The second-order valence-electron chi connectivity index (χ2n) is 6.10. The minimum atomic E-state index is -0.743. The van der Waals surface area contributed by atoms with E-state index in [-0.39, 0.29) is 28.7 Å². The second-order valence-corrected chi connectivity index (χ2v) is 6.10. The van der Waals surface area contributed by atoms with Gasteiger partial charge < -0.3 is 10.7 Å². The highest BCUT2D eigenvalue weighted by Gasteiger charge is 2.30. The van der Waals surface area contributed by atoms with Crippen LogP contribution >= 0.6 is 0 Å². The van der Waals surface area contributed by atoms with Gasteiger partial charge in [-0.2, -0.15) is 0 Å². The summed E-state index contributed by atoms with van der Waals surface area (Å²) < 4.78 is 27.5. The molecule has 1 fully saturated rings. The van der Waals surface area contributed by atoms with Crippen LogP contribution in [0.5, 0.6) is 0 Å². The molecule has 0 spiro atoms. The number of nitrogens with two attached hydrogens (primary N) is 1. The molecule has 1 aromatic carbocycles. The van der Waals surface area contributed by atoms with Crippen LogP contribution < -0.4 is 5.73 Å². The van der Waals surface area contributed by atoms with Gasteiger partial charge in [-0.25, -0.2) is 18.7 Å². The van der Waals surface area contributed by atoms with Gasteiger partial charge in [0.05, 0.1) is 16.3 Å². The number of nitrogens with zero attached hydrogens (tertiary/aromatic N) is 3. The van der Waals surface area contributed by atoms with Gasteiger partial charge in [-0.05, 0) is 31.0 Å². The zero-order chi connectivity index (χ0) is 18.4. The second kappa shape index (κ2) is 5.87. The summed E-state index contributed by atoms with van der Waals surface area (Å²) in [7, 11) is 0. The lowest BCUT2D eigenvalue weighted by molar-refractivity contribution is -0.384. The highest BCUT2D eigenvalue weighted by molar-refractivity contribution is 5.78. The van der Waals surface area contributed by atoms with Crippen LogP contribution in [0.4, 0.5) is 20.3 Å². The molecule has 4 rings (SSSR count). The molecule has 1 saturated carbocycles. The maximum absolute atomic E-state index is 14.3. The number of nitrogens with one attached hydrogen (secondary N) is 1. The van der Waals surface area contributed by atoms with E-state index in [0.717, 1.165) is 25.0 Å². The molecule has 132 valence electrons. The molecular weight excluding hydrogens is 344 g/mol. The maximum atomic E-state index is 14.3. The van der Waals surface area contributed by atoms with Gasteiger partial charge in [0.25, 0.3) is 0 Å². The van der Waals surface area contributed by atoms with Crippen LogP contribution in [0.3, 0.4) is 0 Å². The van der Waals surface area contributed by atoms with Crippen LogP contribution in [0, 0.1) is 21.7 Å². The number of benzene rings is 1. The number of nitro groups is 1. The predicted molar refractivity (Wildman–Crippen MR) is 90.2 cm³/mol. The zero-order valence-electron chi connectivity index (χ0n) is 13.4. The minimum absolute atomic E-state index is 0.138. The van der Waals surface area contributed by atoms with E-state index < -0.39 is 16.6 Å². The molecule has 2 heterocycles. The smallest absolute Gasteiger partial charge is 0.311 e. The van der Waals surface area contributed by atoms with Crippen molar-refractivity contribution < 1.29 is 13.7 Å². The molecule has 0 saturated heterocycles. The molecule has 0 radical (unpaired) electrons. The molecule has 3 aromatic rings. The normalized spacial score (nSPS) is 13.8. The molecule has 0 aliphatic heterocycles. The summed E-state index contributed by atoms with van der Waals surface area (Å²) in [6, 6.07) is 5.89. The van der Waals surface area contributed by atoms with Crippen LogP contribution in [0.25, 0.3) is 22.6 Å². The van der Waals surface area contributed by atoms with Gasteiger partial charge in [-0.1, -0.05) is 0 Å². The standard InChI is InChI=1S/C17H13F2N5O2/c18-9-3-4-10(11(19)7-9)14-15(23-17(22-14)8-1-2-8)12-5-6-13(24(25)26)16(20)21-12/h3-8H,1-2H2,(H2,20,21)(H,22,23). The van der Waals surface area contributed by atoms with E-state index in [9.17, 15) is 18.9 Å². The Morgan fingerprint density at radius 1 is 1.19 bits per heavy atom. The Bertz CT molecular complexity index is 1030. The third-order valence-corrected chi connectivity index (χ3v) is 4.23. The summed E-state index contributed by atoms with van der Waals surface area (Å²) in [5.41, 5.74) is 6.41. The lowest BCUT2D eigenvalue weighted by Gasteiger charge is -2.05. The fraction of sp³-hybridized carbons (Fsp3) is 0.176. The summed E-state index contributed by atoms with van der Waals surface area (Å²) in [5, 5.41) is 10.9. The number of imidazole rings is 1. The number of hydrogen-bond acceptors (Lipinski definition) is 5. The highest BCUT2D eigenvalue weighted by Crippen LogP contribution is 2.42. The average Bonchev–Trinajstić information content (AvgIpc) is 3.34. The van der Waals surface area contributed by atoms with Gasteiger partial charge >= 0.3 is 5.69 Å². The van der Waals surface area contributed by atoms with E-state index in [0.29, 0.717) is 17.2 Å². The van der Waals surface area contributed by atoms with Crippen molar-refractivity contribution in [3.8, 4) is 22.6 Å². The van der Waals surface area contributed by atoms with E-state index in [2.05, 4.69) is 15.0 Å². The van der Waals surface area contributed by atoms with Gasteiger partial charge in [-0.3, -0.25) is 10.1 Å². The molecule has 1 aliphatic rings. The van der Waals surface area contributed by atoms with Gasteiger partial charge in [0.2, 0.25) is 5.82 Å². The summed E-state index contributed by atoms with van der Waals surface area (Å²) >= 11 is 0. The third kappa shape index (κ3) is 2.77. The van der Waals surface area contributed by atoms with Crippen molar-refractivity contribution in [1.82, 2.24) is 15.0 Å². The molecule has 0 amide bonds. The molecule has 7 nitrogen and oxygen atoms in total. The monoisotopic (exact) mass is 357 g/mol. The number of anilines is 1. The summed E-state index contributed by atoms with van der Waals surface area (Å²) in [4.78, 5) is 21.9. The van der Waals surface area contributed by atoms with Crippen LogP contribution in [0.15, 0.2) is 30.3 Å². The van der Waals surface area contributed by atoms with Crippen LogP contribution in [0.2, 0.25) is 0 Å². The quantitative estimate of drug-likeness (QED) is 0.545. The Labute approximate surface area is 146 Å². The fourth-order valence-electron chi connectivity index (χ4n) is 2.77. The first kappa shape index (κ1) is 16.1. The Hall–Kier alpha value is -3.36. The molecule has 0 atom stereocenters. The molecule has 0 bridgehead atoms. The van der Waals surface area contributed by atoms with Gasteiger partial charge in [-0.15, -0.1) is 0 Å². The van der Waals surface area contributed by atoms with E-state index >= 15 is 0 Å². The van der Waals surface area contributed by atoms with Gasteiger partial charge in [0.1, 0.15) is 23.2 Å². The minimum Gasteiger partial charge on any atom is -0.378 e. The zero-order valence-corrected chi connectivity index (χ0v) is 13.4. The molecule has 2 aromatic heterocycles. The first-order valence-electron chi connectivity index (χ1n) is 7.90. The summed E-state index contributed by atoms with van der Waals surface area (Å²) in [6.07, 6.45) is 1.93. The van der Waals surface area contributed by atoms with Crippen molar-refractivity contribution in [1.29, 1.82) is 0 Å². The van der Waals surface area contributed by atoms with E-state index in [1.54, 1.807) is 0 Å². The molecule has 9 heteroatoms.